The molecule has 1 amide bonds. The highest BCUT2D eigenvalue weighted by Crippen LogP contribution is 2.20. The van der Waals surface area contributed by atoms with E-state index in [1.54, 1.807) is 0 Å². The van der Waals surface area contributed by atoms with Gasteiger partial charge >= 0.3 is 0 Å². The van der Waals surface area contributed by atoms with E-state index in [1.165, 1.54) is 19.1 Å². The molecule has 5 nitrogen and oxygen atoms in total. The highest BCUT2D eigenvalue weighted by atomic mass is 35.5. The molecule has 3 N–H and O–H groups in total. The number of carbonyl (C=O) groups excluding carboxylic acids is 1. The Morgan fingerprint density at radius 2 is 1.75 bits per heavy atom. The number of halogens is 2. The molecule has 0 bridgehead atoms. The molecule has 1 aromatic carbocycles. The van der Waals surface area contributed by atoms with Gasteiger partial charge in [0.25, 0.3) is 0 Å². The van der Waals surface area contributed by atoms with E-state index in [0.717, 1.165) is 12.1 Å². The first-order valence-electron chi connectivity index (χ1n) is 7.53. The summed E-state index contributed by atoms with van der Waals surface area (Å²) in [6.07, 6.45) is -0.179. The van der Waals surface area contributed by atoms with Gasteiger partial charge in [0, 0.05) is 13.0 Å². The summed E-state index contributed by atoms with van der Waals surface area (Å²) in [6.45, 7) is 7.43. The predicted octanol–water partition coefficient (Wildman–Crippen LogP) is 2.29. The Kier molecular flexibility index (Phi) is 8.35. The Labute approximate surface area is 149 Å². The van der Waals surface area contributed by atoms with Crippen LogP contribution in [-0.4, -0.2) is 31.7 Å². The van der Waals surface area contributed by atoms with Crippen LogP contribution in [0, 0.1) is 11.7 Å². The summed E-state index contributed by atoms with van der Waals surface area (Å²) in [5.74, 6) is -0.768. The zero-order valence-corrected chi connectivity index (χ0v) is 16.0. The maximum absolute atomic E-state index is 12.9. The van der Waals surface area contributed by atoms with Crippen molar-refractivity contribution in [2.75, 3.05) is 6.54 Å². The van der Waals surface area contributed by atoms with Gasteiger partial charge in [0.2, 0.25) is 5.91 Å². The van der Waals surface area contributed by atoms with E-state index < -0.39 is 26.4 Å². The fourth-order valence-electron chi connectivity index (χ4n) is 2.03. The lowest BCUT2D eigenvalue weighted by molar-refractivity contribution is -0.123. The molecule has 1 aromatic rings. The van der Waals surface area contributed by atoms with Gasteiger partial charge in [-0.05, 0) is 44.0 Å². The Hall–Kier alpha value is -1.18. The molecule has 24 heavy (non-hydrogen) atoms. The van der Waals surface area contributed by atoms with Crippen LogP contribution in [0.4, 0.5) is 4.39 Å². The Bertz CT molecular complexity index is 650. The molecule has 0 saturated carbocycles. The second-order valence-electron chi connectivity index (χ2n) is 6.34. The van der Waals surface area contributed by atoms with Crippen molar-refractivity contribution in [3.63, 3.8) is 0 Å². The maximum atomic E-state index is 12.9. The molecule has 0 saturated heterocycles. The molecule has 0 radical (unpaired) electrons. The van der Waals surface area contributed by atoms with E-state index in [9.17, 15) is 17.6 Å². The molecule has 0 spiro atoms. The lowest BCUT2D eigenvalue weighted by Crippen LogP contribution is -2.55. The molecule has 2 unspecified atom stereocenters. The number of amides is 1. The second-order valence-corrected chi connectivity index (χ2v) is 8.70. The number of hydrogen-bond acceptors (Lipinski definition) is 4. The van der Waals surface area contributed by atoms with Crippen LogP contribution in [0.15, 0.2) is 29.2 Å². The largest absolute Gasteiger partial charge is 0.349 e. The second kappa shape index (κ2) is 8.78. The third-order valence-electron chi connectivity index (χ3n) is 4.27. The summed E-state index contributed by atoms with van der Waals surface area (Å²) < 4.78 is 37.8. The molecule has 138 valence electrons. The van der Waals surface area contributed by atoms with Gasteiger partial charge in [0.05, 0.1) is 15.7 Å². The van der Waals surface area contributed by atoms with Crippen molar-refractivity contribution >= 4 is 28.2 Å². The van der Waals surface area contributed by atoms with Crippen LogP contribution in [0.3, 0.4) is 0 Å². The Balaban J connectivity index is 0.00000529. The number of benzene rings is 1. The van der Waals surface area contributed by atoms with E-state index >= 15 is 0 Å². The standard InChI is InChI=1S/C16H25FN2O3S.ClH/c1-11(2)16(4,10-18)19-15(20)9-12(3)23(21,22)14-7-5-13(17)6-8-14;/h5-8,11-12H,9-10,18H2,1-4H3,(H,19,20);1H. The van der Waals surface area contributed by atoms with E-state index in [0.29, 0.717) is 0 Å². The van der Waals surface area contributed by atoms with Crippen molar-refractivity contribution in [3.05, 3.63) is 30.1 Å². The van der Waals surface area contributed by atoms with Crippen molar-refractivity contribution in [2.45, 2.75) is 49.8 Å². The van der Waals surface area contributed by atoms with Crippen LogP contribution in [0.5, 0.6) is 0 Å². The minimum absolute atomic E-state index is 0. The molecule has 0 aromatic heterocycles. The average molecular weight is 381 g/mol. The molecule has 0 heterocycles. The van der Waals surface area contributed by atoms with Crippen molar-refractivity contribution in [3.8, 4) is 0 Å². The number of sulfone groups is 1. The Morgan fingerprint density at radius 1 is 1.25 bits per heavy atom. The highest BCUT2D eigenvalue weighted by molar-refractivity contribution is 7.92. The van der Waals surface area contributed by atoms with Crippen LogP contribution in [0.25, 0.3) is 0 Å². The summed E-state index contributed by atoms with van der Waals surface area (Å²) >= 11 is 0. The van der Waals surface area contributed by atoms with Gasteiger partial charge in [-0.25, -0.2) is 12.8 Å². The molecular weight excluding hydrogens is 355 g/mol. The first-order chi connectivity index (χ1) is 10.5. The number of carbonyl (C=O) groups is 1. The molecule has 1 rings (SSSR count). The smallest absolute Gasteiger partial charge is 0.221 e. The predicted molar refractivity (Wildman–Crippen MR) is 95.4 cm³/mol. The van der Waals surface area contributed by atoms with E-state index in [-0.39, 0.29) is 42.1 Å². The zero-order chi connectivity index (χ0) is 17.8. The lowest BCUT2D eigenvalue weighted by Gasteiger charge is -2.34. The molecule has 0 aliphatic rings. The number of nitrogens with two attached hydrogens (primary N) is 1. The zero-order valence-electron chi connectivity index (χ0n) is 14.4. The third-order valence-corrected chi connectivity index (χ3v) is 6.42. The van der Waals surface area contributed by atoms with Crippen molar-refractivity contribution in [1.82, 2.24) is 5.32 Å². The van der Waals surface area contributed by atoms with E-state index in [2.05, 4.69) is 5.32 Å². The minimum Gasteiger partial charge on any atom is -0.349 e. The fraction of sp³-hybridized carbons (Fsp3) is 0.562. The van der Waals surface area contributed by atoms with Gasteiger partial charge in [0.1, 0.15) is 5.82 Å². The highest BCUT2D eigenvalue weighted by Gasteiger charge is 2.31. The first-order valence-corrected chi connectivity index (χ1v) is 9.08. The molecule has 0 aliphatic carbocycles. The van der Waals surface area contributed by atoms with Crippen molar-refractivity contribution < 1.29 is 17.6 Å². The fourth-order valence-corrected chi connectivity index (χ4v) is 3.38. The van der Waals surface area contributed by atoms with Gasteiger partial charge in [-0.3, -0.25) is 4.79 Å². The topological polar surface area (TPSA) is 89.3 Å². The van der Waals surface area contributed by atoms with Crippen LogP contribution >= 0.6 is 12.4 Å². The van der Waals surface area contributed by atoms with Gasteiger partial charge in [-0.1, -0.05) is 13.8 Å². The van der Waals surface area contributed by atoms with Crippen LogP contribution in [0.2, 0.25) is 0 Å². The SMILES string of the molecule is CC(C)C(C)(CN)NC(=O)CC(C)S(=O)(=O)c1ccc(F)cc1.Cl. The molecule has 2 atom stereocenters. The van der Waals surface area contributed by atoms with Gasteiger partial charge in [-0.2, -0.15) is 0 Å². The average Bonchev–Trinajstić information content (AvgIpc) is 2.47. The summed E-state index contributed by atoms with van der Waals surface area (Å²) in [4.78, 5) is 12.2. The van der Waals surface area contributed by atoms with Crippen molar-refractivity contribution in [2.24, 2.45) is 11.7 Å². The summed E-state index contributed by atoms with van der Waals surface area (Å²) in [7, 11) is -3.69. The summed E-state index contributed by atoms with van der Waals surface area (Å²) in [5, 5.41) is 1.90. The Morgan fingerprint density at radius 3 is 2.17 bits per heavy atom. The lowest BCUT2D eigenvalue weighted by atomic mass is 9.88. The molecule has 8 heteroatoms. The van der Waals surface area contributed by atoms with E-state index in [4.69, 9.17) is 5.73 Å². The molecular formula is C16H26ClFN2O3S. The normalized spacial score (nSPS) is 15.3. The van der Waals surface area contributed by atoms with Crippen molar-refractivity contribution in [1.29, 1.82) is 0 Å². The van der Waals surface area contributed by atoms with Crippen LogP contribution in [-0.2, 0) is 14.6 Å². The van der Waals surface area contributed by atoms with Gasteiger partial charge in [0.15, 0.2) is 9.84 Å². The number of nitrogens with one attached hydrogen (secondary N) is 1. The van der Waals surface area contributed by atoms with Gasteiger partial charge in [-0.15, -0.1) is 12.4 Å². The minimum atomic E-state index is -3.69. The molecule has 0 aliphatic heterocycles. The summed E-state index contributed by atoms with van der Waals surface area (Å²) in [5.41, 5.74) is 5.12. The van der Waals surface area contributed by atoms with E-state index in [1.807, 2.05) is 20.8 Å². The maximum Gasteiger partial charge on any atom is 0.221 e. The monoisotopic (exact) mass is 380 g/mol. The van der Waals surface area contributed by atoms with Crippen LogP contribution in [0.1, 0.15) is 34.1 Å². The quantitative estimate of drug-likeness (QED) is 0.710. The third kappa shape index (κ3) is 5.43. The summed E-state index contributed by atoms with van der Waals surface area (Å²) in [6, 6.07) is 4.59. The molecule has 0 fully saturated rings. The number of rotatable bonds is 7. The first kappa shape index (κ1) is 22.8. The number of hydrogen-bond donors (Lipinski definition) is 2. The van der Waals surface area contributed by atoms with Crippen LogP contribution < -0.4 is 11.1 Å². The van der Waals surface area contributed by atoms with Gasteiger partial charge < -0.3 is 11.1 Å².